The van der Waals surface area contributed by atoms with Crippen LogP contribution in [0, 0.1) is 0 Å². The van der Waals surface area contributed by atoms with Crippen molar-refractivity contribution < 1.29 is 23.8 Å². The number of imide groups is 1. The van der Waals surface area contributed by atoms with Gasteiger partial charge in [-0.3, -0.25) is 9.69 Å². The van der Waals surface area contributed by atoms with Crippen LogP contribution in [0.15, 0.2) is 0 Å². The van der Waals surface area contributed by atoms with Gasteiger partial charge in [-0.05, 0) is 20.8 Å². The lowest BCUT2D eigenvalue weighted by Crippen LogP contribution is -2.47. The number of rotatable bonds is 7. The molecular weight excluding hydrogens is 276 g/mol. The minimum absolute atomic E-state index is 0.00865. The Labute approximate surface area is 124 Å². The summed E-state index contributed by atoms with van der Waals surface area (Å²) in [4.78, 5) is 27.8. The molecule has 118 valence electrons. The first-order valence-corrected chi connectivity index (χ1v) is 7.38. The van der Waals surface area contributed by atoms with E-state index in [1.54, 1.807) is 18.7 Å². The lowest BCUT2D eigenvalue weighted by Gasteiger charge is -2.30. The maximum Gasteiger partial charge on any atom is 0.327 e. The van der Waals surface area contributed by atoms with Crippen LogP contribution in [-0.2, 0) is 19.0 Å². The highest BCUT2D eigenvalue weighted by Crippen LogP contribution is 2.29. The summed E-state index contributed by atoms with van der Waals surface area (Å²) in [5, 5.41) is 0. The van der Waals surface area contributed by atoms with E-state index in [9.17, 15) is 9.59 Å². The van der Waals surface area contributed by atoms with Gasteiger partial charge in [0.2, 0.25) is 0 Å². The molecule has 0 radical (unpaired) electrons. The van der Waals surface area contributed by atoms with Gasteiger partial charge in [-0.2, -0.15) is 0 Å². The molecule has 0 aromatic heterocycles. The minimum Gasteiger partial charge on any atom is -0.374 e. The van der Waals surface area contributed by atoms with Crippen LogP contribution in [0.25, 0.3) is 0 Å². The Morgan fingerprint density at radius 2 is 1.90 bits per heavy atom. The molecule has 3 atom stereocenters. The number of hydrogen-bond acceptors (Lipinski definition) is 5. The van der Waals surface area contributed by atoms with Gasteiger partial charge in [0.1, 0.15) is 11.6 Å². The van der Waals surface area contributed by atoms with Gasteiger partial charge < -0.3 is 19.1 Å². The van der Waals surface area contributed by atoms with Crippen LogP contribution in [0.4, 0.5) is 4.79 Å². The summed E-state index contributed by atoms with van der Waals surface area (Å²) < 4.78 is 15.9. The average Bonchev–Trinajstić information content (AvgIpc) is 3.31. The van der Waals surface area contributed by atoms with Gasteiger partial charge in [-0.25, -0.2) is 4.79 Å². The molecule has 0 aliphatic carbocycles. The van der Waals surface area contributed by atoms with Crippen molar-refractivity contribution in [1.29, 1.82) is 0 Å². The standard InChI is InChI=1S/C14H22N2O5/c1-9(19-7-11-8-21-11)4-16-13(18)15(5-10-6-20-10)12(17)14(16,2)3/h9-11H,4-8H2,1-3H3. The summed E-state index contributed by atoms with van der Waals surface area (Å²) in [6.45, 7) is 8.11. The van der Waals surface area contributed by atoms with Crippen molar-refractivity contribution >= 4 is 11.9 Å². The number of carbonyl (C=O) groups is 2. The summed E-state index contributed by atoms with van der Waals surface area (Å²) in [6.07, 6.45) is 0.0663. The van der Waals surface area contributed by atoms with E-state index >= 15 is 0 Å². The van der Waals surface area contributed by atoms with E-state index in [-0.39, 0.29) is 30.3 Å². The summed E-state index contributed by atoms with van der Waals surface area (Å²) >= 11 is 0. The number of nitrogens with zero attached hydrogens (tertiary/aromatic N) is 2. The van der Waals surface area contributed by atoms with Crippen molar-refractivity contribution in [2.45, 2.75) is 44.6 Å². The first kappa shape index (κ1) is 14.7. The van der Waals surface area contributed by atoms with Crippen LogP contribution in [0.1, 0.15) is 20.8 Å². The van der Waals surface area contributed by atoms with Crippen LogP contribution in [-0.4, -0.2) is 78.5 Å². The molecule has 3 amide bonds. The lowest BCUT2D eigenvalue weighted by atomic mass is 10.0. The summed E-state index contributed by atoms with van der Waals surface area (Å²) in [5.41, 5.74) is -0.834. The number of urea groups is 1. The van der Waals surface area contributed by atoms with Crippen molar-refractivity contribution in [3.05, 3.63) is 0 Å². The van der Waals surface area contributed by atoms with E-state index in [1.165, 1.54) is 4.90 Å². The third-order valence-corrected chi connectivity index (χ3v) is 4.10. The van der Waals surface area contributed by atoms with Crippen LogP contribution < -0.4 is 0 Å². The molecule has 3 unspecified atom stereocenters. The van der Waals surface area contributed by atoms with Gasteiger partial charge in [0.25, 0.3) is 5.91 Å². The molecule has 0 aromatic rings. The molecule has 0 bridgehead atoms. The zero-order valence-electron chi connectivity index (χ0n) is 12.7. The molecule has 0 aromatic carbocycles. The molecule has 0 saturated carbocycles. The van der Waals surface area contributed by atoms with E-state index < -0.39 is 5.54 Å². The average molecular weight is 298 g/mol. The Morgan fingerprint density at radius 3 is 2.48 bits per heavy atom. The van der Waals surface area contributed by atoms with E-state index in [0.29, 0.717) is 26.3 Å². The van der Waals surface area contributed by atoms with Gasteiger partial charge in [0.15, 0.2) is 0 Å². The van der Waals surface area contributed by atoms with E-state index in [2.05, 4.69) is 0 Å². The van der Waals surface area contributed by atoms with E-state index in [1.807, 2.05) is 6.92 Å². The quantitative estimate of drug-likeness (QED) is 0.497. The molecule has 0 N–H and O–H groups in total. The largest absolute Gasteiger partial charge is 0.374 e. The Hall–Kier alpha value is -1.18. The van der Waals surface area contributed by atoms with E-state index in [4.69, 9.17) is 14.2 Å². The highest BCUT2D eigenvalue weighted by Gasteiger charge is 2.52. The molecule has 3 saturated heterocycles. The Balaban J connectivity index is 1.61. The smallest absolute Gasteiger partial charge is 0.327 e. The number of carbonyl (C=O) groups excluding carboxylic acids is 2. The molecule has 7 heteroatoms. The monoisotopic (exact) mass is 298 g/mol. The summed E-state index contributed by atoms with van der Waals surface area (Å²) in [7, 11) is 0. The SMILES string of the molecule is CC(CN1C(=O)N(CC2CO2)C(=O)C1(C)C)OCC1CO1. The number of amides is 3. The zero-order valence-corrected chi connectivity index (χ0v) is 12.7. The Morgan fingerprint density at radius 1 is 1.29 bits per heavy atom. The molecule has 3 heterocycles. The van der Waals surface area contributed by atoms with Crippen LogP contribution in [0.2, 0.25) is 0 Å². The van der Waals surface area contributed by atoms with Gasteiger partial charge in [-0.1, -0.05) is 0 Å². The molecule has 0 spiro atoms. The van der Waals surface area contributed by atoms with E-state index in [0.717, 1.165) is 6.61 Å². The third-order valence-electron chi connectivity index (χ3n) is 4.10. The predicted octanol–water partition coefficient (Wildman–Crippen LogP) is 0.232. The number of ether oxygens (including phenoxy) is 3. The van der Waals surface area contributed by atoms with Crippen molar-refractivity contribution in [3.63, 3.8) is 0 Å². The highest BCUT2D eigenvalue weighted by atomic mass is 16.6. The fourth-order valence-corrected chi connectivity index (χ4v) is 2.51. The fourth-order valence-electron chi connectivity index (χ4n) is 2.51. The number of epoxide rings is 2. The fraction of sp³-hybridized carbons (Fsp3) is 0.857. The summed E-state index contributed by atoms with van der Waals surface area (Å²) in [6, 6.07) is -0.251. The molecular formula is C14H22N2O5. The lowest BCUT2D eigenvalue weighted by molar-refractivity contribution is -0.132. The first-order chi connectivity index (χ1) is 9.89. The topological polar surface area (TPSA) is 74.9 Å². The Kier molecular flexibility index (Phi) is 3.67. The molecule has 7 nitrogen and oxygen atoms in total. The molecule has 3 aliphatic rings. The Bertz CT molecular complexity index is 445. The summed E-state index contributed by atoms with van der Waals surface area (Å²) in [5.74, 6) is -0.166. The molecule has 21 heavy (non-hydrogen) atoms. The minimum atomic E-state index is -0.834. The van der Waals surface area contributed by atoms with Crippen LogP contribution >= 0.6 is 0 Å². The third kappa shape index (κ3) is 3.04. The normalized spacial score (nSPS) is 31.8. The molecule has 3 aliphatic heterocycles. The van der Waals surface area contributed by atoms with Crippen molar-refractivity contribution in [1.82, 2.24) is 9.80 Å². The second kappa shape index (κ2) is 5.23. The second-order valence-corrected chi connectivity index (χ2v) is 6.42. The number of hydrogen-bond donors (Lipinski definition) is 0. The van der Waals surface area contributed by atoms with Crippen molar-refractivity contribution in [2.75, 3.05) is 32.9 Å². The van der Waals surface area contributed by atoms with Gasteiger partial charge in [0.05, 0.1) is 38.6 Å². The van der Waals surface area contributed by atoms with Gasteiger partial charge in [-0.15, -0.1) is 0 Å². The first-order valence-electron chi connectivity index (χ1n) is 7.38. The zero-order chi connectivity index (χ0) is 15.2. The molecule has 3 rings (SSSR count). The van der Waals surface area contributed by atoms with Gasteiger partial charge in [0, 0.05) is 6.54 Å². The maximum atomic E-state index is 12.5. The van der Waals surface area contributed by atoms with Crippen LogP contribution in [0.3, 0.4) is 0 Å². The molecule has 3 fully saturated rings. The second-order valence-electron chi connectivity index (χ2n) is 6.42. The highest BCUT2D eigenvalue weighted by molar-refractivity contribution is 6.06. The van der Waals surface area contributed by atoms with Gasteiger partial charge >= 0.3 is 6.03 Å². The van der Waals surface area contributed by atoms with Crippen molar-refractivity contribution in [3.8, 4) is 0 Å². The van der Waals surface area contributed by atoms with Crippen molar-refractivity contribution in [2.24, 2.45) is 0 Å². The van der Waals surface area contributed by atoms with Crippen LogP contribution in [0.5, 0.6) is 0 Å². The predicted molar refractivity (Wildman–Crippen MR) is 72.8 cm³/mol. The maximum absolute atomic E-state index is 12.5.